The van der Waals surface area contributed by atoms with Crippen LogP contribution in [0.5, 0.6) is 0 Å². The molecule has 0 aromatic carbocycles. The van der Waals surface area contributed by atoms with E-state index in [0.717, 1.165) is 32.2 Å². The van der Waals surface area contributed by atoms with Crippen LogP contribution in [0.3, 0.4) is 0 Å². The Balaban J connectivity index is 2.08. The van der Waals surface area contributed by atoms with Crippen molar-refractivity contribution in [1.29, 1.82) is 0 Å². The van der Waals surface area contributed by atoms with Gasteiger partial charge in [-0.05, 0) is 32.2 Å². The molecule has 6 heteroatoms. The largest absolute Gasteiger partial charge is 0.481 e. The molecule has 1 N–H and O–H groups in total. The monoisotopic (exact) mass is 275 g/mol. The maximum atomic E-state index is 11.8. The summed E-state index contributed by atoms with van der Waals surface area (Å²) in [6.45, 7) is 1.34. The predicted octanol–water partition coefficient (Wildman–Crippen LogP) is 0.749. The van der Waals surface area contributed by atoms with Gasteiger partial charge in [0.1, 0.15) is 0 Å². The molecule has 2 fully saturated rings. The lowest BCUT2D eigenvalue weighted by Crippen LogP contribution is -2.49. The fourth-order valence-electron chi connectivity index (χ4n) is 3.33. The van der Waals surface area contributed by atoms with Crippen molar-refractivity contribution >= 4 is 15.8 Å². The molecule has 5 nitrogen and oxygen atoms in total. The molecule has 0 amide bonds. The zero-order valence-electron chi connectivity index (χ0n) is 10.7. The zero-order chi connectivity index (χ0) is 13.3. The average molecular weight is 275 g/mol. The molecule has 1 aliphatic carbocycles. The van der Waals surface area contributed by atoms with Gasteiger partial charge < -0.3 is 5.11 Å². The van der Waals surface area contributed by atoms with E-state index in [0.29, 0.717) is 13.0 Å². The van der Waals surface area contributed by atoms with Gasteiger partial charge in [0.25, 0.3) is 0 Å². The summed E-state index contributed by atoms with van der Waals surface area (Å²) in [6.07, 6.45) is 5.39. The second kappa shape index (κ2) is 5.17. The van der Waals surface area contributed by atoms with Crippen LogP contribution in [-0.2, 0) is 14.6 Å². The van der Waals surface area contributed by atoms with Crippen molar-refractivity contribution in [3.8, 4) is 0 Å². The number of piperidine rings is 1. The molecule has 1 saturated heterocycles. The number of nitrogens with zero attached hydrogens (tertiary/aromatic N) is 1. The number of carbonyl (C=O) groups is 1. The molecule has 1 aliphatic heterocycles. The van der Waals surface area contributed by atoms with Crippen LogP contribution in [0.25, 0.3) is 0 Å². The minimum Gasteiger partial charge on any atom is -0.481 e. The summed E-state index contributed by atoms with van der Waals surface area (Å²) in [5.74, 6) is -1.09. The van der Waals surface area contributed by atoms with Crippen LogP contribution in [-0.4, -0.2) is 55.0 Å². The third-order valence-corrected chi connectivity index (χ3v) is 5.89. The highest BCUT2D eigenvalue weighted by Gasteiger charge is 2.40. The van der Waals surface area contributed by atoms with Gasteiger partial charge in [0, 0.05) is 18.8 Å². The molecule has 2 rings (SSSR count). The molecule has 0 aromatic rings. The fraction of sp³-hybridized carbons (Fsp3) is 0.917. The van der Waals surface area contributed by atoms with Crippen molar-refractivity contribution < 1.29 is 18.3 Å². The van der Waals surface area contributed by atoms with Crippen molar-refractivity contribution in [2.24, 2.45) is 5.92 Å². The van der Waals surface area contributed by atoms with Gasteiger partial charge >= 0.3 is 5.97 Å². The van der Waals surface area contributed by atoms with Crippen molar-refractivity contribution in [1.82, 2.24) is 4.90 Å². The first-order chi connectivity index (χ1) is 8.39. The first-order valence-electron chi connectivity index (χ1n) is 6.55. The Morgan fingerprint density at radius 1 is 1.22 bits per heavy atom. The molecule has 0 radical (unpaired) electrons. The van der Waals surface area contributed by atoms with Crippen molar-refractivity contribution in [3.63, 3.8) is 0 Å². The Morgan fingerprint density at radius 2 is 1.94 bits per heavy atom. The highest BCUT2D eigenvalue weighted by atomic mass is 32.2. The van der Waals surface area contributed by atoms with Crippen molar-refractivity contribution in [2.75, 3.05) is 19.3 Å². The second-order valence-electron chi connectivity index (χ2n) is 5.54. The molecule has 1 saturated carbocycles. The van der Waals surface area contributed by atoms with Gasteiger partial charge in [-0.2, -0.15) is 0 Å². The third kappa shape index (κ3) is 2.85. The lowest BCUT2D eigenvalue weighted by molar-refractivity contribution is -0.143. The number of carboxylic acids is 1. The molecule has 18 heavy (non-hydrogen) atoms. The molecule has 0 bridgehead atoms. The highest BCUT2D eigenvalue weighted by Crippen LogP contribution is 2.32. The van der Waals surface area contributed by atoms with Gasteiger partial charge in [-0.1, -0.05) is 6.42 Å². The fourth-order valence-corrected chi connectivity index (χ4v) is 4.81. The second-order valence-corrected chi connectivity index (χ2v) is 7.80. The summed E-state index contributed by atoms with van der Waals surface area (Å²) in [4.78, 5) is 13.1. The van der Waals surface area contributed by atoms with Crippen LogP contribution in [0.4, 0.5) is 0 Å². The van der Waals surface area contributed by atoms with Crippen LogP contribution < -0.4 is 0 Å². The Bertz CT molecular complexity index is 420. The summed E-state index contributed by atoms with van der Waals surface area (Å²) in [5.41, 5.74) is 0. The maximum Gasteiger partial charge on any atom is 0.307 e. The molecule has 0 spiro atoms. The van der Waals surface area contributed by atoms with E-state index in [4.69, 9.17) is 5.11 Å². The van der Waals surface area contributed by atoms with Crippen LogP contribution in [0, 0.1) is 5.92 Å². The van der Waals surface area contributed by atoms with E-state index >= 15 is 0 Å². The Morgan fingerprint density at radius 3 is 2.56 bits per heavy atom. The molecule has 1 heterocycles. The van der Waals surface area contributed by atoms with Crippen LogP contribution in [0.1, 0.15) is 32.1 Å². The van der Waals surface area contributed by atoms with E-state index < -0.39 is 15.8 Å². The van der Waals surface area contributed by atoms with Gasteiger partial charge in [-0.25, -0.2) is 8.42 Å². The Hall–Kier alpha value is -0.620. The number of sulfone groups is 1. The third-order valence-electron chi connectivity index (χ3n) is 4.24. The minimum atomic E-state index is -3.03. The molecule has 2 aliphatic rings. The molecular weight excluding hydrogens is 254 g/mol. The summed E-state index contributed by atoms with van der Waals surface area (Å²) >= 11 is 0. The summed E-state index contributed by atoms with van der Waals surface area (Å²) in [7, 11) is -3.03. The van der Waals surface area contributed by atoms with E-state index in [1.807, 2.05) is 0 Å². The normalized spacial score (nSPS) is 34.6. The highest BCUT2D eigenvalue weighted by molar-refractivity contribution is 7.91. The lowest BCUT2D eigenvalue weighted by Gasteiger charge is -2.37. The van der Waals surface area contributed by atoms with E-state index in [2.05, 4.69) is 4.90 Å². The lowest BCUT2D eigenvalue weighted by atomic mass is 9.96. The number of aliphatic carboxylic acids is 1. The topological polar surface area (TPSA) is 74.7 Å². The standard InChI is InChI=1S/C12H21NO4S/c1-18(16,17)11-6-2-5-10(11)13-7-3-4-9(8-13)12(14)15/h9-11H,2-8H2,1H3,(H,14,15). The Kier molecular flexibility index (Phi) is 3.96. The van der Waals surface area contributed by atoms with Crippen LogP contribution in [0.15, 0.2) is 0 Å². The number of likely N-dealkylation sites (tertiary alicyclic amines) is 1. The average Bonchev–Trinajstić information content (AvgIpc) is 2.77. The smallest absolute Gasteiger partial charge is 0.307 e. The molecular formula is C12H21NO4S. The zero-order valence-corrected chi connectivity index (χ0v) is 11.5. The van der Waals surface area contributed by atoms with Crippen LogP contribution >= 0.6 is 0 Å². The first kappa shape index (κ1) is 13.8. The molecule has 3 unspecified atom stereocenters. The van der Waals surface area contributed by atoms with Gasteiger partial charge in [0.05, 0.1) is 11.2 Å². The van der Waals surface area contributed by atoms with Gasteiger partial charge in [-0.3, -0.25) is 9.69 Å². The van der Waals surface area contributed by atoms with E-state index in [-0.39, 0.29) is 17.2 Å². The quantitative estimate of drug-likeness (QED) is 0.822. The van der Waals surface area contributed by atoms with E-state index in [1.165, 1.54) is 6.26 Å². The van der Waals surface area contributed by atoms with Gasteiger partial charge in [0.15, 0.2) is 9.84 Å². The summed E-state index contributed by atoms with van der Waals surface area (Å²) in [6, 6.07) is 0.0298. The molecule has 104 valence electrons. The van der Waals surface area contributed by atoms with Gasteiger partial charge in [-0.15, -0.1) is 0 Å². The van der Waals surface area contributed by atoms with Crippen molar-refractivity contribution in [2.45, 2.75) is 43.4 Å². The maximum absolute atomic E-state index is 11.8. The Labute approximate surface area is 108 Å². The molecule has 0 aromatic heterocycles. The minimum absolute atomic E-state index is 0.0298. The SMILES string of the molecule is CS(=O)(=O)C1CCCC1N1CCCC(C(=O)O)C1. The first-order valence-corrected chi connectivity index (χ1v) is 8.51. The molecule has 3 atom stereocenters. The van der Waals surface area contributed by atoms with E-state index in [1.54, 1.807) is 0 Å². The summed E-state index contributed by atoms with van der Waals surface area (Å²) in [5, 5.41) is 8.78. The number of rotatable bonds is 3. The predicted molar refractivity (Wildman–Crippen MR) is 68.2 cm³/mol. The van der Waals surface area contributed by atoms with Crippen molar-refractivity contribution in [3.05, 3.63) is 0 Å². The summed E-state index contributed by atoms with van der Waals surface area (Å²) < 4.78 is 23.5. The number of carboxylic acid groups (broad SMARTS) is 1. The van der Waals surface area contributed by atoms with Gasteiger partial charge in [0.2, 0.25) is 0 Å². The van der Waals surface area contributed by atoms with E-state index in [9.17, 15) is 13.2 Å². The number of hydrogen-bond donors (Lipinski definition) is 1. The number of hydrogen-bond acceptors (Lipinski definition) is 4. The van der Waals surface area contributed by atoms with Crippen LogP contribution in [0.2, 0.25) is 0 Å².